The SMILES string of the molecule is CCCCCCCCCCCCCCCCCCCCCCCCCCCCCCCCCC(=O)N[C@@H](CO)[C@H](O)[C@H](O)CCCCCCCCCCC. The average Bonchev–Trinajstić information content (AvgIpc) is 3.18. The Morgan fingerprint density at radius 2 is 0.630 bits per heavy atom. The monoisotopic (exact) mass is 766 g/mol. The highest BCUT2D eigenvalue weighted by molar-refractivity contribution is 5.76. The lowest BCUT2D eigenvalue weighted by atomic mass is 9.99. The second-order valence-corrected chi connectivity index (χ2v) is 17.4. The van der Waals surface area contributed by atoms with E-state index in [1.54, 1.807) is 0 Å². The fourth-order valence-electron chi connectivity index (χ4n) is 8.11. The zero-order chi connectivity index (χ0) is 39.4. The highest BCUT2D eigenvalue weighted by Gasteiger charge is 2.26. The molecular weight excluding hydrogens is 667 g/mol. The van der Waals surface area contributed by atoms with Crippen LogP contribution in [-0.2, 0) is 4.79 Å². The van der Waals surface area contributed by atoms with Gasteiger partial charge < -0.3 is 20.6 Å². The Hall–Kier alpha value is -0.650. The molecule has 0 heterocycles. The maximum absolute atomic E-state index is 12.4. The number of unbranched alkanes of at least 4 members (excludes halogenated alkanes) is 38. The first-order chi connectivity index (χ1) is 26.6. The molecule has 0 fully saturated rings. The minimum atomic E-state index is -1.13. The van der Waals surface area contributed by atoms with E-state index in [9.17, 15) is 20.1 Å². The van der Waals surface area contributed by atoms with Crippen molar-refractivity contribution in [2.45, 2.75) is 302 Å². The molecule has 0 aliphatic rings. The van der Waals surface area contributed by atoms with Crippen molar-refractivity contribution in [3.8, 4) is 0 Å². The molecule has 4 N–H and O–H groups in total. The van der Waals surface area contributed by atoms with Gasteiger partial charge in [-0.25, -0.2) is 0 Å². The summed E-state index contributed by atoms with van der Waals surface area (Å²) in [5.41, 5.74) is 0. The van der Waals surface area contributed by atoms with Crippen LogP contribution < -0.4 is 5.32 Å². The molecular formula is C49H99NO4. The summed E-state index contributed by atoms with van der Waals surface area (Å²) in [6.45, 7) is 4.18. The van der Waals surface area contributed by atoms with E-state index in [2.05, 4.69) is 19.2 Å². The third-order valence-electron chi connectivity index (χ3n) is 12.0. The first-order valence-electron chi connectivity index (χ1n) is 24.8. The quantitative estimate of drug-likeness (QED) is 0.0465. The van der Waals surface area contributed by atoms with Gasteiger partial charge in [0.1, 0.15) is 6.10 Å². The normalized spacial score (nSPS) is 13.4. The van der Waals surface area contributed by atoms with E-state index in [1.165, 1.54) is 218 Å². The average molecular weight is 766 g/mol. The molecule has 5 heteroatoms. The summed E-state index contributed by atoms with van der Waals surface area (Å²) in [6.07, 6.45) is 52.6. The Kier molecular flexibility index (Phi) is 44.5. The first-order valence-corrected chi connectivity index (χ1v) is 24.8. The summed E-state index contributed by atoms with van der Waals surface area (Å²) < 4.78 is 0. The Morgan fingerprint density at radius 3 is 0.889 bits per heavy atom. The van der Waals surface area contributed by atoms with Crippen LogP contribution in [0.25, 0.3) is 0 Å². The molecule has 0 radical (unpaired) electrons. The Labute approximate surface area is 338 Å². The molecule has 0 spiro atoms. The van der Waals surface area contributed by atoms with Crippen molar-refractivity contribution in [3.63, 3.8) is 0 Å². The van der Waals surface area contributed by atoms with Gasteiger partial charge in [0.25, 0.3) is 0 Å². The van der Waals surface area contributed by atoms with E-state index in [0.717, 1.165) is 38.5 Å². The molecule has 0 aromatic heterocycles. The van der Waals surface area contributed by atoms with Gasteiger partial charge in [-0.15, -0.1) is 0 Å². The third kappa shape index (κ3) is 39.6. The van der Waals surface area contributed by atoms with Gasteiger partial charge in [0.2, 0.25) is 5.91 Å². The van der Waals surface area contributed by atoms with Gasteiger partial charge in [0.05, 0.1) is 18.8 Å². The number of carbonyl (C=O) groups is 1. The van der Waals surface area contributed by atoms with Crippen molar-refractivity contribution in [1.82, 2.24) is 5.32 Å². The number of aliphatic hydroxyl groups is 3. The van der Waals surface area contributed by atoms with Gasteiger partial charge in [0, 0.05) is 6.42 Å². The van der Waals surface area contributed by atoms with Crippen LogP contribution in [0.4, 0.5) is 0 Å². The summed E-state index contributed by atoms with van der Waals surface area (Å²) >= 11 is 0. The van der Waals surface area contributed by atoms with Gasteiger partial charge in [0.15, 0.2) is 0 Å². The fourth-order valence-corrected chi connectivity index (χ4v) is 8.11. The number of hydrogen-bond acceptors (Lipinski definition) is 4. The van der Waals surface area contributed by atoms with Crippen molar-refractivity contribution in [1.29, 1.82) is 0 Å². The van der Waals surface area contributed by atoms with Gasteiger partial charge >= 0.3 is 0 Å². The molecule has 0 aliphatic carbocycles. The lowest BCUT2D eigenvalue weighted by molar-refractivity contribution is -0.124. The van der Waals surface area contributed by atoms with Crippen LogP contribution in [0, 0.1) is 0 Å². The molecule has 0 bridgehead atoms. The second-order valence-electron chi connectivity index (χ2n) is 17.4. The van der Waals surface area contributed by atoms with Crippen LogP contribution in [0.5, 0.6) is 0 Å². The van der Waals surface area contributed by atoms with Gasteiger partial charge in [-0.1, -0.05) is 264 Å². The Balaban J connectivity index is 3.41. The molecule has 3 atom stereocenters. The molecule has 54 heavy (non-hydrogen) atoms. The zero-order valence-electron chi connectivity index (χ0n) is 36.9. The van der Waals surface area contributed by atoms with Crippen LogP contribution in [0.2, 0.25) is 0 Å². The second kappa shape index (κ2) is 45.1. The Morgan fingerprint density at radius 1 is 0.389 bits per heavy atom. The third-order valence-corrected chi connectivity index (χ3v) is 12.0. The molecule has 0 aliphatic heterocycles. The highest BCUT2D eigenvalue weighted by atomic mass is 16.3. The number of carbonyl (C=O) groups excluding carboxylic acids is 1. The minimum absolute atomic E-state index is 0.140. The summed E-state index contributed by atoms with van der Waals surface area (Å²) in [4.78, 5) is 12.4. The molecule has 5 nitrogen and oxygen atoms in total. The molecule has 0 aromatic carbocycles. The van der Waals surface area contributed by atoms with E-state index in [1.807, 2.05) is 0 Å². The molecule has 1 amide bonds. The van der Waals surface area contributed by atoms with Crippen LogP contribution >= 0.6 is 0 Å². The van der Waals surface area contributed by atoms with Crippen LogP contribution in [0.1, 0.15) is 284 Å². The molecule has 0 aromatic rings. The number of hydrogen-bond donors (Lipinski definition) is 4. The number of nitrogens with one attached hydrogen (secondary N) is 1. The topological polar surface area (TPSA) is 89.8 Å². The number of rotatable bonds is 46. The van der Waals surface area contributed by atoms with Gasteiger partial charge in [-0.3, -0.25) is 4.79 Å². The lowest BCUT2D eigenvalue weighted by Crippen LogP contribution is -2.50. The summed E-state index contributed by atoms with van der Waals surface area (Å²) in [6, 6.07) is -0.801. The maximum atomic E-state index is 12.4. The molecule has 0 unspecified atom stereocenters. The minimum Gasteiger partial charge on any atom is -0.394 e. The number of amides is 1. The van der Waals surface area contributed by atoms with Crippen LogP contribution in [-0.4, -0.2) is 46.1 Å². The fraction of sp³-hybridized carbons (Fsp3) is 0.980. The Bertz CT molecular complexity index is 718. The van der Waals surface area contributed by atoms with Crippen LogP contribution in [0.3, 0.4) is 0 Å². The number of aliphatic hydroxyl groups excluding tert-OH is 3. The van der Waals surface area contributed by atoms with E-state index in [-0.39, 0.29) is 12.5 Å². The van der Waals surface area contributed by atoms with Crippen molar-refractivity contribution in [2.24, 2.45) is 0 Å². The predicted octanol–water partition coefficient (Wildman–Crippen LogP) is 14.6. The van der Waals surface area contributed by atoms with Gasteiger partial charge in [-0.2, -0.15) is 0 Å². The molecule has 0 rings (SSSR count). The standard InChI is InChI=1S/C49H99NO4/c1-3-5-7-9-11-13-14-15-16-17-18-19-20-21-22-23-24-25-26-27-28-29-30-31-32-33-34-36-38-40-42-44-48(53)50-46(45-51)49(54)47(52)43-41-39-37-35-12-10-8-6-4-2/h46-47,49,51-52,54H,3-45H2,1-2H3,(H,50,53)/t46-,47+,49-/m0/s1. The highest BCUT2D eigenvalue weighted by Crippen LogP contribution is 2.18. The predicted molar refractivity (Wildman–Crippen MR) is 236 cm³/mol. The van der Waals surface area contributed by atoms with Gasteiger partial charge in [-0.05, 0) is 12.8 Å². The van der Waals surface area contributed by atoms with Crippen molar-refractivity contribution in [2.75, 3.05) is 6.61 Å². The summed E-state index contributed by atoms with van der Waals surface area (Å²) in [5, 5.41) is 33.4. The van der Waals surface area contributed by atoms with Crippen LogP contribution in [0.15, 0.2) is 0 Å². The summed E-state index contributed by atoms with van der Waals surface area (Å²) in [5.74, 6) is -0.140. The maximum Gasteiger partial charge on any atom is 0.220 e. The zero-order valence-corrected chi connectivity index (χ0v) is 36.9. The van der Waals surface area contributed by atoms with Crippen molar-refractivity contribution < 1.29 is 20.1 Å². The molecule has 0 saturated carbocycles. The molecule has 0 saturated heterocycles. The van der Waals surface area contributed by atoms with Crippen molar-refractivity contribution >= 4 is 5.91 Å². The van der Waals surface area contributed by atoms with Crippen molar-refractivity contribution in [3.05, 3.63) is 0 Å². The molecule has 324 valence electrons. The van der Waals surface area contributed by atoms with E-state index in [0.29, 0.717) is 12.8 Å². The largest absolute Gasteiger partial charge is 0.394 e. The summed E-state index contributed by atoms with van der Waals surface area (Å²) in [7, 11) is 0. The van der Waals surface area contributed by atoms with E-state index >= 15 is 0 Å². The lowest BCUT2D eigenvalue weighted by Gasteiger charge is -2.26. The smallest absolute Gasteiger partial charge is 0.220 e. The van der Waals surface area contributed by atoms with E-state index in [4.69, 9.17) is 0 Å². The van der Waals surface area contributed by atoms with E-state index < -0.39 is 18.2 Å². The first kappa shape index (κ1) is 53.4.